The summed E-state index contributed by atoms with van der Waals surface area (Å²) >= 11 is 1.13. The number of benzene rings is 2. The molecule has 0 bridgehead atoms. The second-order valence-electron chi connectivity index (χ2n) is 6.73. The third kappa shape index (κ3) is 6.46. The molecule has 1 amide bonds. The zero-order valence-electron chi connectivity index (χ0n) is 17.3. The number of hydrogen-bond donors (Lipinski definition) is 2. The predicted octanol–water partition coefficient (Wildman–Crippen LogP) is 3.30. The molecule has 31 heavy (non-hydrogen) atoms. The lowest BCUT2D eigenvalue weighted by Crippen LogP contribution is -2.14. The molecule has 0 spiro atoms. The van der Waals surface area contributed by atoms with Gasteiger partial charge in [-0.05, 0) is 55.5 Å². The Kier molecular flexibility index (Phi) is 7.18. The van der Waals surface area contributed by atoms with Gasteiger partial charge in [0.15, 0.2) is 0 Å². The summed E-state index contributed by atoms with van der Waals surface area (Å²) in [6.45, 7) is 1.56. The Morgan fingerprint density at radius 1 is 1.03 bits per heavy atom. The van der Waals surface area contributed by atoms with Crippen molar-refractivity contribution in [2.75, 3.05) is 40.5 Å². The number of aromatic nitrogens is 2. The summed E-state index contributed by atoms with van der Waals surface area (Å²) in [7, 11) is 0.564. The number of sulfonamides is 1. The molecule has 0 atom stereocenters. The molecular formula is C20H23N5O4S2. The van der Waals surface area contributed by atoms with E-state index in [1.165, 1.54) is 0 Å². The lowest BCUT2D eigenvalue weighted by Gasteiger charge is -2.12. The molecule has 0 aliphatic rings. The zero-order valence-corrected chi connectivity index (χ0v) is 19.0. The summed E-state index contributed by atoms with van der Waals surface area (Å²) in [5.41, 5.74) is 2.85. The summed E-state index contributed by atoms with van der Waals surface area (Å²) in [6, 6.07) is 14.1. The molecule has 0 unspecified atom stereocenters. The Labute approximate surface area is 185 Å². The number of nitrogens with zero attached hydrogens (tertiary/aromatic N) is 3. The number of hydrogen-bond acceptors (Lipinski definition) is 8. The Morgan fingerprint density at radius 2 is 1.68 bits per heavy atom. The van der Waals surface area contributed by atoms with Crippen LogP contribution in [-0.4, -0.2) is 50.1 Å². The number of amides is 1. The number of carbonyl (C=O) groups is 1. The largest absolute Gasteiger partial charge is 0.411 e. The van der Waals surface area contributed by atoms with Crippen molar-refractivity contribution in [2.45, 2.75) is 12.1 Å². The maximum Gasteiger partial charge on any atom is 0.277 e. The third-order valence-electron chi connectivity index (χ3n) is 4.19. The van der Waals surface area contributed by atoms with Gasteiger partial charge in [0.1, 0.15) is 0 Å². The first-order valence-electron chi connectivity index (χ1n) is 9.40. The fourth-order valence-corrected chi connectivity index (χ4v) is 3.69. The van der Waals surface area contributed by atoms with Crippen LogP contribution in [0.25, 0.3) is 11.5 Å². The van der Waals surface area contributed by atoms with Gasteiger partial charge in [0.05, 0.1) is 11.5 Å². The maximum atomic E-state index is 12.2. The summed E-state index contributed by atoms with van der Waals surface area (Å²) in [4.78, 5) is 14.1. The lowest BCUT2D eigenvalue weighted by atomic mass is 10.2. The Balaban J connectivity index is 1.54. The second-order valence-corrected chi connectivity index (χ2v) is 9.67. The van der Waals surface area contributed by atoms with E-state index in [1.54, 1.807) is 31.2 Å². The molecule has 0 aliphatic heterocycles. The van der Waals surface area contributed by atoms with Crippen LogP contribution in [0, 0.1) is 0 Å². The number of carbonyl (C=O) groups excluding carboxylic acids is 1. The van der Waals surface area contributed by atoms with Gasteiger partial charge in [-0.2, -0.15) is 0 Å². The Bertz CT molecular complexity index is 1130. The van der Waals surface area contributed by atoms with Crippen LogP contribution in [0.4, 0.5) is 17.1 Å². The molecule has 9 nitrogen and oxygen atoms in total. The highest BCUT2D eigenvalue weighted by Gasteiger charge is 2.12. The van der Waals surface area contributed by atoms with Crippen molar-refractivity contribution in [3.8, 4) is 11.5 Å². The monoisotopic (exact) mass is 461 g/mol. The van der Waals surface area contributed by atoms with Crippen molar-refractivity contribution in [2.24, 2.45) is 0 Å². The van der Waals surface area contributed by atoms with E-state index < -0.39 is 10.0 Å². The number of anilines is 3. The van der Waals surface area contributed by atoms with Crippen LogP contribution >= 0.6 is 11.8 Å². The molecule has 11 heteroatoms. The van der Waals surface area contributed by atoms with Crippen molar-refractivity contribution in [3.05, 3.63) is 48.5 Å². The molecule has 2 N–H and O–H groups in total. The van der Waals surface area contributed by atoms with Gasteiger partial charge in [-0.15, -0.1) is 10.2 Å². The quantitative estimate of drug-likeness (QED) is 0.466. The van der Waals surface area contributed by atoms with Crippen molar-refractivity contribution >= 4 is 44.8 Å². The van der Waals surface area contributed by atoms with Crippen molar-refractivity contribution in [1.82, 2.24) is 10.2 Å². The third-order valence-corrected chi connectivity index (χ3v) is 6.31. The van der Waals surface area contributed by atoms with E-state index in [2.05, 4.69) is 20.2 Å². The Morgan fingerprint density at radius 3 is 2.29 bits per heavy atom. The molecule has 1 aromatic heterocycles. The average molecular weight is 462 g/mol. The number of nitrogens with one attached hydrogen (secondary N) is 2. The van der Waals surface area contributed by atoms with Gasteiger partial charge in [0.25, 0.3) is 5.22 Å². The molecule has 3 aromatic rings. The van der Waals surface area contributed by atoms with Crippen LogP contribution in [-0.2, 0) is 14.8 Å². The number of thioether (sulfide) groups is 1. The normalized spacial score (nSPS) is 11.2. The Hall–Kier alpha value is -3.05. The molecule has 2 aromatic carbocycles. The average Bonchev–Trinajstić information content (AvgIpc) is 3.22. The van der Waals surface area contributed by atoms with E-state index in [9.17, 15) is 13.2 Å². The smallest absolute Gasteiger partial charge is 0.277 e. The zero-order chi connectivity index (χ0) is 22.4. The highest BCUT2D eigenvalue weighted by Crippen LogP contribution is 2.25. The van der Waals surface area contributed by atoms with E-state index >= 15 is 0 Å². The topological polar surface area (TPSA) is 117 Å². The minimum Gasteiger partial charge on any atom is -0.411 e. The number of rotatable bonds is 9. The van der Waals surface area contributed by atoms with Gasteiger partial charge in [-0.25, -0.2) is 8.42 Å². The highest BCUT2D eigenvalue weighted by molar-refractivity contribution is 7.99. The van der Waals surface area contributed by atoms with E-state index in [0.717, 1.165) is 17.4 Å². The fraction of sp³-hybridized carbons (Fsp3) is 0.250. The van der Waals surface area contributed by atoms with Gasteiger partial charge in [-0.3, -0.25) is 9.52 Å². The predicted molar refractivity (Wildman–Crippen MR) is 123 cm³/mol. The first-order chi connectivity index (χ1) is 14.8. The molecule has 3 rings (SSSR count). The molecule has 0 saturated heterocycles. The maximum absolute atomic E-state index is 12.2. The SMILES string of the molecule is CCS(=O)(=O)Nc1ccc(-c2nnc(SCC(=O)Nc3ccc(N(C)C)cc3)o2)cc1. The molecule has 0 radical (unpaired) electrons. The molecule has 0 fully saturated rings. The van der Waals surface area contributed by atoms with Crippen LogP contribution < -0.4 is 14.9 Å². The van der Waals surface area contributed by atoms with E-state index in [0.29, 0.717) is 16.9 Å². The van der Waals surface area contributed by atoms with Crippen LogP contribution in [0.1, 0.15) is 6.92 Å². The van der Waals surface area contributed by atoms with Crippen LogP contribution in [0.15, 0.2) is 58.2 Å². The molecular weight excluding hydrogens is 438 g/mol. The summed E-state index contributed by atoms with van der Waals surface area (Å²) < 4.78 is 31.3. The molecule has 1 heterocycles. The molecule has 0 saturated carbocycles. The second kappa shape index (κ2) is 9.84. The van der Waals surface area contributed by atoms with Gasteiger partial charge in [-0.1, -0.05) is 11.8 Å². The van der Waals surface area contributed by atoms with E-state index in [4.69, 9.17) is 4.42 Å². The van der Waals surface area contributed by atoms with Gasteiger partial charge < -0.3 is 14.6 Å². The highest BCUT2D eigenvalue weighted by atomic mass is 32.2. The molecule has 164 valence electrons. The molecule has 0 aliphatic carbocycles. The van der Waals surface area contributed by atoms with Crippen LogP contribution in [0.5, 0.6) is 0 Å². The van der Waals surface area contributed by atoms with Crippen molar-refractivity contribution < 1.29 is 17.6 Å². The summed E-state index contributed by atoms with van der Waals surface area (Å²) in [5.74, 6) is 0.213. The summed E-state index contributed by atoms with van der Waals surface area (Å²) in [6.07, 6.45) is 0. The first-order valence-corrected chi connectivity index (χ1v) is 12.0. The van der Waals surface area contributed by atoms with Crippen molar-refractivity contribution in [3.63, 3.8) is 0 Å². The van der Waals surface area contributed by atoms with Gasteiger partial charge in [0, 0.05) is 36.7 Å². The standard InChI is InChI=1S/C20H23N5O4S2/c1-4-31(27,28)24-16-7-5-14(6-8-16)19-22-23-20(29-19)30-13-18(26)21-15-9-11-17(12-10-15)25(2)3/h5-12,24H,4,13H2,1-3H3,(H,21,26). The van der Waals surface area contributed by atoms with E-state index in [1.807, 2.05) is 43.3 Å². The van der Waals surface area contributed by atoms with Gasteiger partial charge in [0.2, 0.25) is 21.8 Å². The van der Waals surface area contributed by atoms with Gasteiger partial charge >= 0.3 is 0 Å². The minimum absolute atomic E-state index is 0.00599. The van der Waals surface area contributed by atoms with Crippen molar-refractivity contribution in [1.29, 1.82) is 0 Å². The van der Waals surface area contributed by atoms with Crippen LogP contribution in [0.2, 0.25) is 0 Å². The minimum atomic E-state index is -3.33. The fourth-order valence-electron chi connectivity index (χ4n) is 2.48. The lowest BCUT2D eigenvalue weighted by molar-refractivity contribution is -0.113. The van der Waals surface area contributed by atoms with Crippen LogP contribution in [0.3, 0.4) is 0 Å². The summed E-state index contributed by atoms with van der Waals surface area (Å²) in [5, 5.41) is 11.0. The first kappa shape index (κ1) is 22.6. The van der Waals surface area contributed by atoms with E-state index in [-0.39, 0.29) is 28.5 Å².